The summed E-state index contributed by atoms with van der Waals surface area (Å²) in [6.07, 6.45) is 3.36. The molecule has 0 radical (unpaired) electrons. The molecule has 2 aromatic heterocycles. The van der Waals surface area contributed by atoms with Crippen LogP contribution in [0.2, 0.25) is 0 Å². The van der Waals surface area contributed by atoms with Crippen molar-refractivity contribution < 1.29 is 13.9 Å². The van der Waals surface area contributed by atoms with Crippen LogP contribution in [0.4, 0.5) is 0 Å². The highest BCUT2D eigenvalue weighted by atomic mass is 16.5. The third-order valence-corrected chi connectivity index (χ3v) is 5.29. The maximum absolute atomic E-state index is 12.4. The molecule has 4 aromatic rings. The molecule has 0 bridgehead atoms. The Morgan fingerprint density at radius 2 is 1.90 bits per heavy atom. The van der Waals surface area contributed by atoms with E-state index in [0.717, 1.165) is 47.6 Å². The van der Waals surface area contributed by atoms with Gasteiger partial charge in [-0.15, -0.1) is 0 Å². The number of para-hydroxylation sites is 3. The molecule has 4 rings (SSSR count). The minimum Gasteiger partial charge on any atom is -0.493 e. The van der Waals surface area contributed by atoms with E-state index < -0.39 is 0 Å². The average molecular weight is 418 g/mol. The zero-order chi connectivity index (χ0) is 21.6. The van der Waals surface area contributed by atoms with Crippen LogP contribution in [0.5, 0.6) is 5.75 Å². The molecule has 0 saturated heterocycles. The van der Waals surface area contributed by atoms with Gasteiger partial charge in [0.15, 0.2) is 5.76 Å². The number of nitrogens with zero attached hydrogens (tertiary/aromatic N) is 2. The second-order valence-corrected chi connectivity index (χ2v) is 7.60. The van der Waals surface area contributed by atoms with E-state index >= 15 is 0 Å². The van der Waals surface area contributed by atoms with Gasteiger partial charge < -0.3 is 19.0 Å². The molecule has 1 amide bonds. The molecule has 1 atom stereocenters. The smallest absolute Gasteiger partial charge is 0.287 e. The van der Waals surface area contributed by atoms with Gasteiger partial charge in [-0.2, -0.15) is 0 Å². The lowest BCUT2D eigenvalue weighted by Crippen LogP contribution is -2.28. The Hall–Kier alpha value is -3.54. The monoisotopic (exact) mass is 417 g/mol. The Bertz CT molecular complexity index is 1150. The number of ether oxygens (including phenoxy) is 1. The molecule has 0 aliphatic heterocycles. The van der Waals surface area contributed by atoms with E-state index in [-0.39, 0.29) is 11.9 Å². The number of rotatable bonds is 9. The summed E-state index contributed by atoms with van der Waals surface area (Å²) in [5.74, 6) is 1.82. The van der Waals surface area contributed by atoms with Gasteiger partial charge in [-0.25, -0.2) is 4.98 Å². The fraction of sp³-hybridized carbons (Fsp3) is 0.280. The van der Waals surface area contributed by atoms with Gasteiger partial charge in [0.05, 0.1) is 29.9 Å². The highest BCUT2D eigenvalue weighted by molar-refractivity contribution is 5.91. The van der Waals surface area contributed by atoms with Gasteiger partial charge in [0.2, 0.25) is 0 Å². The van der Waals surface area contributed by atoms with Crippen LogP contribution in [0.25, 0.3) is 11.0 Å². The van der Waals surface area contributed by atoms with Crippen molar-refractivity contribution in [3.05, 3.63) is 84.1 Å². The third kappa shape index (κ3) is 4.79. The molecular formula is C25H27N3O3. The number of amides is 1. The van der Waals surface area contributed by atoms with Crippen molar-refractivity contribution in [1.29, 1.82) is 0 Å². The fourth-order valence-corrected chi connectivity index (χ4v) is 3.67. The molecule has 2 heterocycles. The first-order valence-corrected chi connectivity index (χ1v) is 10.6. The van der Waals surface area contributed by atoms with Crippen LogP contribution >= 0.6 is 0 Å². The van der Waals surface area contributed by atoms with Crippen molar-refractivity contribution in [2.75, 3.05) is 6.61 Å². The topological polar surface area (TPSA) is 69.3 Å². The fourth-order valence-electron chi connectivity index (χ4n) is 3.67. The molecular weight excluding hydrogens is 390 g/mol. The molecule has 0 aliphatic rings. The van der Waals surface area contributed by atoms with E-state index in [0.29, 0.717) is 12.4 Å². The van der Waals surface area contributed by atoms with Gasteiger partial charge >= 0.3 is 0 Å². The zero-order valence-electron chi connectivity index (χ0n) is 17.9. The normalized spacial score (nSPS) is 12.1. The lowest BCUT2D eigenvalue weighted by Gasteiger charge is -2.16. The van der Waals surface area contributed by atoms with E-state index in [2.05, 4.69) is 28.9 Å². The number of furan rings is 1. The van der Waals surface area contributed by atoms with E-state index in [1.54, 1.807) is 12.1 Å². The zero-order valence-corrected chi connectivity index (χ0v) is 17.9. The van der Waals surface area contributed by atoms with Gasteiger partial charge in [-0.1, -0.05) is 30.3 Å². The number of aryl methyl sites for hydroxylation is 2. The molecule has 160 valence electrons. The molecule has 31 heavy (non-hydrogen) atoms. The summed E-state index contributed by atoms with van der Waals surface area (Å²) in [6.45, 7) is 5.46. The number of carbonyl (C=O) groups excluding carboxylic acids is 1. The van der Waals surface area contributed by atoms with Crippen LogP contribution in [0, 0.1) is 6.92 Å². The second kappa shape index (κ2) is 9.51. The Morgan fingerprint density at radius 1 is 1.10 bits per heavy atom. The van der Waals surface area contributed by atoms with Crippen molar-refractivity contribution in [2.24, 2.45) is 0 Å². The summed E-state index contributed by atoms with van der Waals surface area (Å²) < 4.78 is 13.3. The Labute approximate surface area is 181 Å². The van der Waals surface area contributed by atoms with E-state index in [4.69, 9.17) is 14.1 Å². The number of fused-ring (bicyclic) bond motifs is 1. The van der Waals surface area contributed by atoms with Crippen molar-refractivity contribution in [3.8, 4) is 5.75 Å². The molecule has 0 aliphatic carbocycles. The number of hydrogen-bond donors (Lipinski definition) is 1. The first-order chi connectivity index (χ1) is 15.1. The number of benzene rings is 2. The quantitative estimate of drug-likeness (QED) is 0.376. The van der Waals surface area contributed by atoms with Gasteiger partial charge in [0, 0.05) is 6.54 Å². The number of imidazole rings is 1. The predicted octanol–water partition coefficient (Wildman–Crippen LogP) is 5.29. The molecule has 1 N–H and O–H groups in total. The average Bonchev–Trinajstić information content (AvgIpc) is 3.43. The Kier molecular flexibility index (Phi) is 6.36. The third-order valence-electron chi connectivity index (χ3n) is 5.29. The highest BCUT2D eigenvalue weighted by Gasteiger charge is 2.20. The van der Waals surface area contributed by atoms with Gasteiger partial charge in [0.1, 0.15) is 11.6 Å². The Balaban J connectivity index is 1.42. The van der Waals surface area contributed by atoms with Crippen LogP contribution in [0.15, 0.2) is 71.3 Å². The van der Waals surface area contributed by atoms with Crippen molar-refractivity contribution in [2.45, 2.75) is 39.3 Å². The van der Waals surface area contributed by atoms with Crippen LogP contribution < -0.4 is 10.1 Å². The standard InChI is InChI=1S/C25H27N3O3/c1-18-10-3-6-13-22(18)30-16-8-7-15-28-21-12-5-4-11-20(21)27-24(28)19(2)26-25(29)23-14-9-17-31-23/h3-6,9-14,17,19H,7-8,15-16H2,1-2H3,(H,26,29)/t19-/m1/s1. The van der Waals surface area contributed by atoms with Crippen molar-refractivity contribution in [1.82, 2.24) is 14.9 Å². The minimum absolute atomic E-state index is 0.247. The lowest BCUT2D eigenvalue weighted by molar-refractivity contribution is 0.0909. The van der Waals surface area contributed by atoms with Crippen LogP contribution in [-0.2, 0) is 6.54 Å². The highest BCUT2D eigenvalue weighted by Crippen LogP contribution is 2.22. The van der Waals surface area contributed by atoms with Crippen molar-refractivity contribution in [3.63, 3.8) is 0 Å². The maximum atomic E-state index is 12.4. The van der Waals surface area contributed by atoms with Gasteiger partial charge in [0.25, 0.3) is 5.91 Å². The van der Waals surface area contributed by atoms with Crippen LogP contribution in [0.3, 0.4) is 0 Å². The maximum Gasteiger partial charge on any atom is 0.287 e. The SMILES string of the molecule is Cc1ccccc1OCCCCn1c([C@@H](C)NC(=O)c2ccco2)nc2ccccc21. The first kappa shape index (κ1) is 20.7. The number of aromatic nitrogens is 2. The molecule has 0 saturated carbocycles. The number of unbranched alkanes of at least 4 members (excludes halogenated alkanes) is 1. The first-order valence-electron chi connectivity index (χ1n) is 10.6. The summed E-state index contributed by atoms with van der Waals surface area (Å²) in [6, 6.07) is 19.2. The molecule has 6 nitrogen and oxygen atoms in total. The molecule has 2 aromatic carbocycles. The van der Waals surface area contributed by atoms with Crippen LogP contribution in [0.1, 0.15) is 47.7 Å². The molecule has 0 unspecified atom stereocenters. The molecule has 0 spiro atoms. The number of hydrogen-bond acceptors (Lipinski definition) is 4. The van der Waals surface area contributed by atoms with Gasteiger partial charge in [-0.3, -0.25) is 4.79 Å². The van der Waals surface area contributed by atoms with Crippen LogP contribution in [-0.4, -0.2) is 22.1 Å². The number of nitrogens with one attached hydrogen (secondary N) is 1. The Morgan fingerprint density at radius 3 is 2.71 bits per heavy atom. The lowest BCUT2D eigenvalue weighted by atomic mass is 10.2. The summed E-state index contributed by atoms with van der Waals surface area (Å²) >= 11 is 0. The van der Waals surface area contributed by atoms with Gasteiger partial charge in [-0.05, 0) is 62.6 Å². The van der Waals surface area contributed by atoms with E-state index in [1.807, 2.05) is 43.3 Å². The summed E-state index contributed by atoms with van der Waals surface area (Å²) in [5, 5.41) is 2.99. The largest absolute Gasteiger partial charge is 0.493 e. The van der Waals surface area contributed by atoms with Crippen molar-refractivity contribution >= 4 is 16.9 Å². The van der Waals surface area contributed by atoms with E-state index in [9.17, 15) is 4.79 Å². The summed E-state index contributed by atoms with van der Waals surface area (Å²) in [4.78, 5) is 17.2. The number of carbonyl (C=O) groups is 1. The summed E-state index contributed by atoms with van der Waals surface area (Å²) in [5.41, 5.74) is 3.13. The van der Waals surface area contributed by atoms with E-state index in [1.165, 1.54) is 6.26 Å². The second-order valence-electron chi connectivity index (χ2n) is 7.60. The molecule has 6 heteroatoms. The predicted molar refractivity (Wildman–Crippen MR) is 120 cm³/mol. The summed E-state index contributed by atoms with van der Waals surface area (Å²) in [7, 11) is 0. The molecule has 0 fully saturated rings. The minimum atomic E-state index is -0.256.